The number of amides is 1. The standard InChI is InChI=1S/C55H57F5N4O7/c1-5-64(53(65)42(62-3)22-15-27-61-2)44(55(67)70-34-37-20-13-8-14-21-37)31-41-29-39(24-26-46(41)69-33-36-18-11-7-12-19-36)38-23-25-45(68-32-35-16-9-6-10-17-35)40(28-38)30-43(63-4)54(66)71-52-50(59)48(57)47(56)49(58)51(52)60/h6-14,16-21,23-26,28-29,42-44,61-63H,5,15,22,27,30-34H2,1-4H3/t42-,43-,44-/m0/s1. The molecule has 11 nitrogen and oxygen atoms in total. The summed E-state index contributed by atoms with van der Waals surface area (Å²) in [5.74, 6) is -14.7. The molecule has 0 aliphatic carbocycles. The van der Waals surface area contributed by atoms with Crippen LogP contribution < -0.4 is 30.2 Å². The van der Waals surface area contributed by atoms with Crippen molar-refractivity contribution in [1.29, 1.82) is 0 Å². The molecule has 0 radical (unpaired) electrons. The van der Waals surface area contributed by atoms with Crippen molar-refractivity contribution in [3.63, 3.8) is 0 Å². The average Bonchev–Trinajstić information content (AvgIpc) is 3.40. The molecule has 6 rings (SSSR count). The Morgan fingerprint density at radius 1 is 0.563 bits per heavy atom. The lowest BCUT2D eigenvalue weighted by Crippen LogP contribution is -2.53. The third-order valence-corrected chi connectivity index (χ3v) is 11.8. The van der Waals surface area contributed by atoms with Crippen LogP contribution in [-0.4, -0.2) is 75.1 Å². The van der Waals surface area contributed by atoms with Crippen LogP contribution in [0.2, 0.25) is 0 Å². The Balaban J connectivity index is 1.41. The first kappa shape index (κ1) is 53.2. The predicted molar refractivity (Wildman–Crippen MR) is 259 cm³/mol. The lowest BCUT2D eigenvalue weighted by molar-refractivity contribution is -0.157. The number of nitrogens with zero attached hydrogens (tertiary/aromatic N) is 1. The van der Waals surface area contributed by atoms with Crippen molar-refractivity contribution in [2.45, 2.75) is 70.6 Å². The zero-order valence-corrected chi connectivity index (χ0v) is 39.9. The van der Waals surface area contributed by atoms with Crippen molar-refractivity contribution < 1.29 is 55.3 Å². The van der Waals surface area contributed by atoms with Crippen LogP contribution in [-0.2, 0) is 51.8 Å². The first-order valence-electron chi connectivity index (χ1n) is 23.2. The minimum absolute atomic E-state index is 0.0192. The molecule has 0 aliphatic heterocycles. The highest BCUT2D eigenvalue weighted by Crippen LogP contribution is 2.34. The van der Waals surface area contributed by atoms with Gasteiger partial charge in [0, 0.05) is 19.4 Å². The molecular formula is C55H57F5N4O7. The van der Waals surface area contributed by atoms with E-state index in [1.807, 2.05) is 110 Å². The molecule has 71 heavy (non-hydrogen) atoms. The van der Waals surface area contributed by atoms with Crippen molar-refractivity contribution in [3.05, 3.63) is 184 Å². The molecule has 0 fully saturated rings. The minimum Gasteiger partial charge on any atom is -0.489 e. The Bertz CT molecular complexity index is 2690. The number of rotatable bonds is 25. The van der Waals surface area contributed by atoms with Crippen molar-refractivity contribution in [2.24, 2.45) is 0 Å². The monoisotopic (exact) mass is 980 g/mol. The molecule has 0 aromatic heterocycles. The number of ether oxygens (including phenoxy) is 4. The van der Waals surface area contributed by atoms with Crippen LogP contribution in [0, 0.1) is 29.1 Å². The van der Waals surface area contributed by atoms with E-state index < -0.39 is 64.9 Å². The van der Waals surface area contributed by atoms with Gasteiger partial charge in [0.2, 0.25) is 40.7 Å². The van der Waals surface area contributed by atoms with Gasteiger partial charge in [0.25, 0.3) is 0 Å². The Morgan fingerprint density at radius 2 is 1.03 bits per heavy atom. The molecule has 1 amide bonds. The Hall–Kier alpha value is -7.14. The van der Waals surface area contributed by atoms with Crippen LogP contribution in [0.15, 0.2) is 127 Å². The normalized spacial score (nSPS) is 12.4. The molecular weight excluding hydrogens is 924 g/mol. The summed E-state index contributed by atoms with van der Waals surface area (Å²) >= 11 is 0. The Morgan fingerprint density at radius 3 is 1.49 bits per heavy atom. The maximum atomic E-state index is 14.7. The molecule has 3 atom stereocenters. The molecule has 6 aromatic rings. The summed E-state index contributed by atoms with van der Waals surface area (Å²) < 4.78 is 94.9. The molecule has 0 spiro atoms. The van der Waals surface area contributed by atoms with Gasteiger partial charge in [-0.1, -0.05) is 103 Å². The van der Waals surface area contributed by atoms with E-state index >= 15 is 0 Å². The van der Waals surface area contributed by atoms with Gasteiger partial charge in [-0.25, -0.2) is 22.8 Å². The number of carbonyl (C=O) groups excluding carboxylic acids is 3. The smallest absolute Gasteiger partial charge is 0.329 e. The second kappa shape index (κ2) is 26.2. The first-order chi connectivity index (χ1) is 34.4. The van der Waals surface area contributed by atoms with Crippen LogP contribution in [0.3, 0.4) is 0 Å². The highest BCUT2D eigenvalue weighted by molar-refractivity contribution is 5.88. The Labute approximate surface area is 410 Å². The number of hydrogen-bond donors (Lipinski definition) is 3. The number of hydrogen-bond acceptors (Lipinski definition) is 10. The topological polar surface area (TPSA) is 127 Å². The highest BCUT2D eigenvalue weighted by Gasteiger charge is 2.35. The maximum absolute atomic E-state index is 14.7. The van der Waals surface area contributed by atoms with Gasteiger partial charge in [0.1, 0.15) is 43.4 Å². The van der Waals surface area contributed by atoms with E-state index in [0.29, 0.717) is 53.1 Å². The summed E-state index contributed by atoms with van der Waals surface area (Å²) in [7, 11) is 4.91. The third-order valence-electron chi connectivity index (χ3n) is 11.8. The fourth-order valence-electron chi connectivity index (χ4n) is 7.92. The van der Waals surface area contributed by atoms with Crippen LogP contribution in [0.4, 0.5) is 22.0 Å². The fraction of sp³-hybridized carbons (Fsp3) is 0.291. The van der Waals surface area contributed by atoms with Crippen LogP contribution >= 0.6 is 0 Å². The fourth-order valence-corrected chi connectivity index (χ4v) is 7.92. The van der Waals surface area contributed by atoms with E-state index in [2.05, 4.69) is 16.0 Å². The number of benzene rings is 6. The maximum Gasteiger partial charge on any atom is 0.329 e. The first-order valence-corrected chi connectivity index (χ1v) is 23.2. The van der Waals surface area contributed by atoms with Crippen LogP contribution in [0.1, 0.15) is 47.6 Å². The van der Waals surface area contributed by atoms with E-state index in [1.54, 1.807) is 38.2 Å². The summed E-state index contributed by atoms with van der Waals surface area (Å²) in [5, 5.41) is 8.96. The third kappa shape index (κ3) is 14.0. The van der Waals surface area contributed by atoms with E-state index in [-0.39, 0.29) is 45.1 Å². The number of halogens is 5. The van der Waals surface area contributed by atoms with Crippen LogP contribution in [0.5, 0.6) is 17.2 Å². The molecule has 0 saturated carbocycles. The molecule has 0 aliphatic rings. The van der Waals surface area contributed by atoms with Crippen LogP contribution in [0.25, 0.3) is 11.1 Å². The van der Waals surface area contributed by atoms with Gasteiger partial charge in [0.05, 0.1) is 6.04 Å². The van der Waals surface area contributed by atoms with E-state index in [9.17, 15) is 36.3 Å². The number of carbonyl (C=O) groups is 3. The van der Waals surface area contributed by atoms with E-state index in [0.717, 1.165) is 16.7 Å². The van der Waals surface area contributed by atoms with Crippen molar-refractivity contribution in [3.8, 4) is 28.4 Å². The largest absolute Gasteiger partial charge is 0.489 e. The zero-order chi connectivity index (χ0) is 50.9. The quantitative estimate of drug-likeness (QED) is 0.0128. The molecule has 0 bridgehead atoms. The second-order valence-corrected chi connectivity index (χ2v) is 16.6. The SMILES string of the molecule is CCN(C(=O)[C@H](CCCNC)NC)[C@@H](Cc1cc(-c2ccc(OCc3ccccc3)c(C[C@H](NC)C(=O)Oc3c(F)c(F)c(F)c(F)c3F)c2)ccc1OCc1ccccc1)C(=O)OCc1ccccc1. The van der Waals surface area contributed by atoms with Gasteiger partial charge in [-0.15, -0.1) is 0 Å². The molecule has 0 saturated heterocycles. The molecule has 0 heterocycles. The van der Waals surface area contributed by atoms with Gasteiger partial charge in [-0.3, -0.25) is 4.79 Å². The molecule has 0 unspecified atom stereocenters. The predicted octanol–water partition coefficient (Wildman–Crippen LogP) is 9.03. The summed E-state index contributed by atoms with van der Waals surface area (Å²) in [6.45, 7) is 2.95. The van der Waals surface area contributed by atoms with Crippen molar-refractivity contribution in [1.82, 2.24) is 20.9 Å². The highest BCUT2D eigenvalue weighted by atomic mass is 19.2. The van der Waals surface area contributed by atoms with Gasteiger partial charge in [-0.05, 0) is 111 Å². The van der Waals surface area contributed by atoms with Crippen molar-refractivity contribution in [2.75, 3.05) is 34.2 Å². The summed E-state index contributed by atoms with van der Waals surface area (Å²) in [4.78, 5) is 43.9. The number of nitrogens with one attached hydrogen (secondary N) is 3. The van der Waals surface area contributed by atoms with Gasteiger partial charge in [0.15, 0.2) is 0 Å². The summed E-state index contributed by atoms with van der Waals surface area (Å²) in [6, 6.07) is 35.5. The Kier molecular flexibility index (Phi) is 19.6. The summed E-state index contributed by atoms with van der Waals surface area (Å²) in [6.07, 6.45) is 0.954. The second-order valence-electron chi connectivity index (χ2n) is 16.6. The van der Waals surface area contributed by atoms with Gasteiger partial charge in [-0.2, -0.15) is 8.78 Å². The molecule has 6 aromatic carbocycles. The average molecular weight is 981 g/mol. The van der Waals surface area contributed by atoms with E-state index in [4.69, 9.17) is 18.9 Å². The van der Waals surface area contributed by atoms with E-state index in [1.165, 1.54) is 11.9 Å². The molecule has 16 heteroatoms. The lowest BCUT2D eigenvalue weighted by Gasteiger charge is -2.33. The summed E-state index contributed by atoms with van der Waals surface area (Å²) in [5.41, 5.74) is 4.66. The lowest BCUT2D eigenvalue weighted by atomic mass is 9.94. The molecule has 3 N–H and O–H groups in total. The molecule has 374 valence electrons. The number of esters is 2. The minimum atomic E-state index is -2.39. The van der Waals surface area contributed by atoms with Gasteiger partial charge < -0.3 is 39.8 Å². The van der Waals surface area contributed by atoms with Gasteiger partial charge >= 0.3 is 11.9 Å². The van der Waals surface area contributed by atoms with Crippen molar-refractivity contribution >= 4 is 17.8 Å². The number of likely N-dealkylation sites (N-methyl/N-ethyl adjacent to an activating group) is 3. The zero-order valence-electron chi connectivity index (χ0n) is 39.9.